The summed E-state index contributed by atoms with van der Waals surface area (Å²) in [5.41, 5.74) is -0.478. The van der Waals surface area contributed by atoms with E-state index in [1.54, 1.807) is 17.0 Å². The molecule has 0 atom stereocenters. The molecule has 0 N–H and O–H groups in total. The average molecular weight is 331 g/mol. The number of carbonyl (C=O) groups is 1. The van der Waals surface area contributed by atoms with Gasteiger partial charge in [0.15, 0.2) is 6.54 Å². The van der Waals surface area contributed by atoms with Crippen LogP contribution in [0.15, 0.2) is 30.6 Å². The molecule has 0 saturated heterocycles. The van der Waals surface area contributed by atoms with Gasteiger partial charge in [-0.3, -0.25) is 4.79 Å². The molecule has 102 valence electrons. The third-order valence-corrected chi connectivity index (χ3v) is 2.95. The van der Waals surface area contributed by atoms with Crippen LogP contribution < -0.4 is 21.5 Å². The highest BCUT2D eigenvalue weighted by atomic mass is 79.9. The van der Waals surface area contributed by atoms with Crippen molar-refractivity contribution in [2.24, 2.45) is 7.05 Å². The van der Waals surface area contributed by atoms with E-state index in [1.807, 2.05) is 18.5 Å². The number of hydrogen-bond donors (Lipinski definition) is 0. The fourth-order valence-electron chi connectivity index (χ4n) is 1.76. The smallest absolute Gasteiger partial charge is 0.253 e. The number of imidazole rings is 1. The molecule has 2 aromatic rings. The van der Waals surface area contributed by atoms with E-state index in [0.717, 1.165) is 18.0 Å². The standard InChI is InChI=1S/C13H13F2N2O.BrH/c1-9-16(2)6-7-17(9)8-12(18)13-10(14)4-3-5-11(13)15;/h3-7H,8H2,1-2H3;1H/q+1;/p-1. The van der Waals surface area contributed by atoms with Crippen LogP contribution in [0.2, 0.25) is 0 Å². The van der Waals surface area contributed by atoms with Crippen LogP contribution in [0.25, 0.3) is 0 Å². The van der Waals surface area contributed by atoms with E-state index in [1.165, 1.54) is 6.07 Å². The zero-order valence-corrected chi connectivity index (χ0v) is 12.1. The van der Waals surface area contributed by atoms with Gasteiger partial charge in [0.1, 0.15) is 24.0 Å². The molecular weight excluding hydrogens is 318 g/mol. The van der Waals surface area contributed by atoms with Crippen molar-refractivity contribution in [3.05, 3.63) is 53.6 Å². The van der Waals surface area contributed by atoms with Crippen LogP contribution >= 0.6 is 0 Å². The molecule has 3 nitrogen and oxygen atoms in total. The Balaban J connectivity index is 0.00000180. The number of nitrogens with zero attached hydrogens (tertiary/aromatic N) is 2. The molecule has 0 aliphatic carbocycles. The fourth-order valence-corrected chi connectivity index (χ4v) is 1.76. The fraction of sp³-hybridized carbons (Fsp3) is 0.231. The van der Waals surface area contributed by atoms with Crippen molar-refractivity contribution < 1.29 is 35.1 Å². The van der Waals surface area contributed by atoms with Crippen LogP contribution in [0.5, 0.6) is 0 Å². The summed E-state index contributed by atoms with van der Waals surface area (Å²) in [7, 11) is 1.83. The Kier molecular flexibility index (Phi) is 4.94. The van der Waals surface area contributed by atoms with Gasteiger partial charge in [0.25, 0.3) is 5.82 Å². The van der Waals surface area contributed by atoms with Crippen molar-refractivity contribution in [1.29, 1.82) is 0 Å². The predicted molar refractivity (Wildman–Crippen MR) is 61.0 cm³/mol. The van der Waals surface area contributed by atoms with Gasteiger partial charge in [-0.1, -0.05) is 6.07 Å². The van der Waals surface area contributed by atoms with E-state index < -0.39 is 23.0 Å². The minimum atomic E-state index is -0.825. The molecule has 0 aliphatic rings. The van der Waals surface area contributed by atoms with Crippen LogP contribution in [0.1, 0.15) is 16.2 Å². The van der Waals surface area contributed by atoms with Gasteiger partial charge < -0.3 is 17.0 Å². The highest BCUT2D eigenvalue weighted by Gasteiger charge is 2.20. The molecule has 2 rings (SSSR count). The number of hydrogen-bond acceptors (Lipinski definition) is 1. The number of Topliss-reactive ketones (excluding diaryl/α,β-unsaturated/α-hetero) is 1. The number of ketones is 1. The first-order chi connectivity index (χ1) is 8.50. The van der Waals surface area contributed by atoms with E-state index in [9.17, 15) is 13.6 Å². The van der Waals surface area contributed by atoms with Crippen LogP contribution in [0, 0.1) is 18.6 Å². The molecule has 0 bridgehead atoms. The molecule has 6 heteroatoms. The normalized spacial score (nSPS) is 10.1. The second-order valence-electron chi connectivity index (χ2n) is 4.10. The Labute approximate surface area is 120 Å². The highest BCUT2D eigenvalue weighted by molar-refractivity contribution is 5.96. The van der Waals surface area contributed by atoms with E-state index >= 15 is 0 Å². The molecule has 0 unspecified atom stereocenters. The Morgan fingerprint density at radius 1 is 1.32 bits per heavy atom. The summed E-state index contributed by atoms with van der Waals surface area (Å²) in [4.78, 5) is 11.9. The average Bonchev–Trinajstić information content (AvgIpc) is 2.61. The van der Waals surface area contributed by atoms with E-state index in [2.05, 4.69) is 0 Å². The monoisotopic (exact) mass is 330 g/mol. The molecule has 0 spiro atoms. The van der Waals surface area contributed by atoms with E-state index in [-0.39, 0.29) is 23.5 Å². The van der Waals surface area contributed by atoms with Gasteiger partial charge in [-0.2, -0.15) is 0 Å². The zero-order valence-electron chi connectivity index (χ0n) is 10.5. The van der Waals surface area contributed by atoms with Crippen LogP contribution in [-0.4, -0.2) is 10.4 Å². The van der Waals surface area contributed by atoms with Crippen LogP contribution in [0.4, 0.5) is 8.78 Å². The number of benzene rings is 1. The lowest BCUT2D eigenvalue weighted by Gasteiger charge is -2.03. The number of rotatable bonds is 3. The Bertz CT molecular complexity index is 590. The lowest BCUT2D eigenvalue weighted by atomic mass is 10.1. The molecule has 0 fully saturated rings. The first-order valence-corrected chi connectivity index (χ1v) is 5.49. The van der Waals surface area contributed by atoms with Crippen LogP contribution in [0.3, 0.4) is 0 Å². The molecular formula is C13H13BrF2N2O. The van der Waals surface area contributed by atoms with E-state index in [0.29, 0.717) is 0 Å². The number of carbonyl (C=O) groups excluding carboxylic acids is 1. The first kappa shape index (κ1) is 15.5. The molecule has 0 aliphatic heterocycles. The van der Waals surface area contributed by atoms with Gasteiger partial charge in [-0.25, -0.2) is 17.9 Å². The summed E-state index contributed by atoms with van der Waals surface area (Å²) in [5.74, 6) is -1.40. The lowest BCUT2D eigenvalue weighted by molar-refractivity contribution is -0.677. The van der Waals surface area contributed by atoms with Crippen molar-refractivity contribution in [2.75, 3.05) is 0 Å². The Morgan fingerprint density at radius 3 is 2.37 bits per heavy atom. The van der Waals surface area contributed by atoms with Gasteiger partial charge in [-0.15, -0.1) is 0 Å². The van der Waals surface area contributed by atoms with Gasteiger partial charge in [0.05, 0.1) is 12.6 Å². The Hall–Kier alpha value is -1.56. The van der Waals surface area contributed by atoms with Crippen molar-refractivity contribution in [3.63, 3.8) is 0 Å². The molecule has 0 saturated carbocycles. The summed E-state index contributed by atoms with van der Waals surface area (Å²) in [6.45, 7) is 1.75. The van der Waals surface area contributed by atoms with Crippen molar-refractivity contribution in [1.82, 2.24) is 4.57 Å². The molecule has 1 aromatic heterocycles. The summed E-state index contributed by atoms with van der Waals surface area (Å²) in [6, 6.07) is 3.40. The van der Waals surface area contributed by atoms with Crippen LogP contribution in [-0.2, 0) is 13.6 Å². The van der Waals surface area contributed by atoms with Crippen molar-refractivity contribution in [3.8, 4) is 0 Å². The number of aryl methyl sites for hydroxylation is 1. The molecule has 0 radical (unpaired) electrons. The van der Waals surface area contributed by atoms with Gasteiger partial charge >= 0.3 is 0 Å². The predicted octanol–water partition coefficient (Wildman–Crippen LogP) is -1.21. The summed E-state index contributed by atoms with van der Waals surface area (Å²) < 4.78 is 30.3. The SMILES string of the molecule is Cc1n(CC(=O)c2c(F)cccc2F)cc[n+]1C.[Br-]. The highest BCUT2D eigenvalue weighted by Crippen LogP contribution is 2.13. The van der Waals surface area contributed by atoms with E-state index in [4.69, 9.17) is 0 Å². The minimum Gasteiger partial charge on any atom is -1.00 e. The summed E-state index contributed by atoms with van der Waals surface area (Å²) >= 11 is 0. The maximum Gasteiger partial charge on any atom is 0.253 e. The second-order valence-corrected chi connectivity index (χ2v) is 4.10. The third kappa shape index (κ3) is 3.07. The summed E-state index contributed by atoms with van der Waals surface area (Å²) in [6.07, 6.45) is 3.48. The third-order valence-electron chi connectivity index (χ3n) is 2.95. The summed E-state index contributed by atoms with van der Waals surface area (Å²) in [5, 5.41) is 0. The lowest BCUT2D eigenvalue weighted by Crippen LogP contribution is -3.00. The first-order valence-electron chi connectivity index (χ1n) is 5.49. The number of aromatic nitrogens is 2. The minimum absolute atomic E-state index is 0. The molecule has 0 amide bonds. The van der Waals surface area contributed by atoms with Crippen molar-refractivity contribution in [2.45, 2.75) is 13.5 Å². The van der Waals surface area contributed by atoms with Gasteiger partial charge in [0, 0.05) is 6.92 Å². The largest absolute Gasteiger partial charge is 1.00 e. The van der Waals surface area contributed by atoms with Gasteiger partial charge in [-0.05, 0) is 12.1 Å². The Morgan fingerprint density at radius 2 is 1.89 bits per heavy atom. The maximum absolute atomic E-state index is 13.4. The second kappa shape index (κ2) is 6.06. The van der Waals surface area contributed by atoms with Crippen molar-refractivity contribution >= 4 is 5.78 Å². The van der Waals surface area contributed by atoms with Gasteiger partial charge in [0.2, 0.25) is 5.78 Å². The topological polar surface area (TPSA) is 25.9 Å². The molecule has 1 aromatic carbocycles. The molecule has 19 heavy (non-hydrogen) atoms. The number of halogens is 3. The zero-order chi connectivity index (χ0) is 13.3. The molecule has 1 heterocycles. The maximum atomic E-state index is 13.4. The quantitative estimate of drug-likeness (QED) is 0.512.